The summed E-state index contributed by atoms with van der Waals surface area (Å²) < 4.78 is 13.0. The minimum atomic E-state index is 0.528. The van der Waals surface area contributed by atoms with Gasteiger partial charge in [-0.2, -0.15) is 0 Å². The predicted octanol–water partition coefficient (Wildman–Crippen LogP) is 2.59. The predicted molar refractivity (Wildman–Crippen MR) is 73.8 cm³/mol. The van der Waals surface area contributed by atoms with Crippen molar-refractivity contribution in [3.63, 3.8) is 0 Å². The Kier molecular flexibility index (Phi) is 2.77. The summed E-state index contributed by atoms with van der Waals surface area (Å²) in [5, 5.41) is 0. The summed E-state index contributed by atoms with van der Waals surface area (Å²) >= 11 is 0. The molecule has 0 spiro atoms. The molecule has 5 heteroatoms. The topological polar surface area (TPSA) is 53.1 Å². The van der Waals surface area contributed by atoms with Gasteiger partial charge in [-0.25, -0.2) is 14.5 Å². The van der Waals surface area contributed by atoms with Crippen LogP contribution in [0.15, 0.2) is 41.1 Å². The van der Waals surface area contributed by atoms with Gasteiger partial charge >= 0.3 is 0 Å². The Morgan fingerprint density at radius 2 is 2.30 bits per heavy atom. The molecular formula is C15H15N3O2. The summed E-state index contributed by atoms with van der Waals surface area (Å²) in [5.74, 6) is 2.28. The second-order valence-electron chi connectivity index (χ2n) is 5.09. The van der Waals surface area contributed by atoms with Crippen LogP contribution in [0.4, 0.5) is 0 Å². The van der Waals surface area contributed by atoms with Crippen LogP contribution in [-0.2, 0) is 11.2 Å². The first-order valence-electron chi connectivity index (χ1n) is 6.86. The zero-order chi connectivity index (χ0) is 13.4. The molecule has 1 saturated heterocycles. The van der Waals surface area contributed by atoms with E-state index in [1.807, 2.05) is 28.8 Å². The monoisotopic (exact) mass is 269 g/mol. The van der Waals surface area contributed by atoms with Gasteiger partial charge in [-0.15, -0.1) is 0 Å². The maximum Gasteiger partial charge on any atom is 0.206 e. The van der Waals surface area contributed by atoms with Gasteiger partial charge in [0.1, 0.15) is 11.3 Å². The highest BCUT2D eigenvalue weighted by atomic mass is 16.5. The van der Waals surface area contributed by atoms with E-state index >= 15 is 0 Å². The van der Waals surface area contributed by atoms with E-state index in [0.29, 0.717) is 5.92 Å². The Morgan fingerprint density at radius 1 is 1.30 bits per heavy atom. The van der Waals surface area contributed by atoms with E-state index in [9.17, 15) is 0 Å². The van der Waals surface area contributed by atoms with Crippen LogP contribution < -0.4 is 0 Å². The van der Waals surface area contributed by atoms with Crippen LogP contribution in [0.5, 0.6) is 0 Å². The first kappa shape index (κ1) is 11.7. The van der Waals surface area contributed by atoms with Crippen LogP contribution in [0, 0.1) is 5.92 Å². The number of ether oxygens (including phenoxy) is 1. The van der Waals surface area contributed by atoms with Gasteiger partial charge < -0.3 is 9.15 Å². The highest BCUT2D eigenvalue weighted by molar-refractivity contribution is 5.73. The smallest absolute Gasteiger partial charge is 0.206 e. The first-order chi connectivity index (χ1) is 9.92. The Hall–Kier alpha value is -2.14. The number of aromatic nitrogens is 3. The standard InChI is InChI=1S/C15H15N3O2/c1-3-12-15(16-6-1)18(14-4-2-7-20-14)13(17-12)9-11-5-8-19-10-11/h1-4,6-7,11H,5,8-10H2. The summed E-state index contributed by atoms with van der Waals surface area (Å²) in [5.41, 5.74) is 1.74. The van der Waals surface area contributed by atoms with Crippen molar-refractivity contribution in [3.05, 3.63) is 42.5 Å². The van der Waals surface area contributed by atoms with E-state index in [0.717, 1.165) is 48.9 Å². The van der Waals surface area contributed by atoms with Crippen molar-refractivity contribution in [3.8, 4) is 5.88 Å². The summed E-state index contributed by atoms with van der Waals surface area (Å²) in [6, 6.07) is 7.71. The second kappa shape index (κ2) is 4.76. The van der Waals surface area contributed by atoms with Gasteiger partial charge in [0, 0.05) is 31.9 Å². The van der Waals surface area contributed by atoms with Crippen LogP contribution in [0.3, 0.4) is 0 Å². The number of nitrogens with zero attached hydrogens (tertiary/aromatic N) is 3. The maximum atomic E-state index is 5.54. The number of fused-ring (bicyclic) bond motifs is 1. The quantitative estimate of drug-likeness (QED) is 0.733. The maximum absolute atomic E-state index is 5.54. The van der Waals surface area contributed by atoms with Gasteiger partial charge in [0.15, 0.2) is 5.65 Å². The minimum Gasteiger partial charge on any atom is -0.448 e. The molecule has 0 aliphatic carbocycles. The molecule has 1 fully saturated rings. The molecule has 4 heterocycles. The lowest BCUT2D eigenvalue weighted by molar-refractivity contribution is 0.185. The van der Waals surface area contributed by atoms with Crippen molar-refractivity contribution in [2.24, 2.45) is 5.92 Å². The van der Waals surface area contributed by atoms with Crippen molar-refractivity contribution in [1.82, 2.24) is 14.5 Å². The average molecular weight is 269 g/mol. The van der Waals surface area contributed by atoms with Crippen molar-refractivity contribution < 1.29 is 9.15 Å². The number of rotatable bonds is 3. The van der Waals surface area contributed by atoms with Gasteiger partial charge in [-0.05, 0) is 30.5 Å². The number of imidazole rings is 1. The SMILES string of the molecule is c1coc(-n2c(CC3CCOC3)nc3cccnc32)c1. The molecule has 0 saturated carbocycles. The normalized spacial score (nSPS) is 18.9. The summed E-state index contributed by atoms with van der Waals surface area (Å²) in [7, 11) is 0. The van der Waals surface area contributed by atoms with E-state index in [1.54, 1.807) is 12.5 Å². The van der Waals surface area contributed by atoms with Crippen molar-refractivity contribution in [2.75, 3.05) is 13.2 Å². The summed E-state index contributed by atoms with van der Waals surface area (Å²) in [4.78, 5) is 9.16. The first-order valence-corrected chi connectivity index (χ1v) is 6.86. The van der Waals surface area contributed by atoms with Gasteiger partial charge in [-0.3, -0.25) is 0 Å². The largest absolute Gasteiger partial charge is 0.448 e. The van der Waals surface area contributed by atoms with Crippen LogP contribution in [0.25, 0.3) is 17.0 Å². The van der Waals surface area contributed by atoms with Gasteiger partial charge in [0.2, 0.25) is 5.88 Å². The van der Waals surface area contributed by atoms with Gasteiger partial charge in [-0.1, -0.05) is 0 Å². The average Bonchev–Trinajstić information content (AvgIpc) is 3.18. The molecule has 0 N–H and O–H groups in total. The van der Waals surface area contributed by atoms with E-state index in [1.165, 1.54) is 0 Å². The molecule has 1 atom stereocenters. The van der Waals surface area contributed by atoms with Crippen LogP contribution >= 0.6 is 0 Å². The Bertz CT molecular complexity index is 712. The van der Waals surface area contributed by atoms with Gasteiger partial charge in [0.25, 0.3) is 0 Å². The molecule has 5 nitrogen and oxygen atoms in total. The van der Waals surface area contributed by atoms with Crippen molar-refractivity contribution in [1.29, 1.82) is 0 Å². The molecule has 0 amide bonds. The third kappa shape index (κ3) is 1.91. The molecule has 3 aromatic heterocycles. The fourth-order valence-corrected chi connectivity index (χ4v) is 2.73. The zero-order valence-corrected chi connectivity index (χ0v) is 11.0. The summed E-state index contributed by atoms with van der Waals surface area (Å²) in [6.07, 6.45) is 5.43. The Balaban J connectivity index is 1.83. The van der Waals surface area contributed by atoms with Crippen LogP contribution in [-0.4, -0.2) is 27.7 Å². The third-order valence-corrected chi connectivity index (χ3v) is 3.71. The number of pyridine rings is 1. The molecule has 1 aliphatic heterocycles. The number of furan rings is 1. The third-order valence-electron chi connectivity index (χ3n) is 3.71. The van der Waals surface area contributed by atoms with Crippen LogP contribution in [0.1, 0.15) is 12.2 Å². The Labute approximate surface area is 116 Å². The van der Waals surface area contributed by atoms with Crippen LogP contribution in [0.2, 0.25) is 0 Å². The molecule has 0 aromatic carbocycles. The lowest BCUT2D eigenvalue weighted by atomic mass is 10.1. The molecule has 3 aromatic rings. The molecule has 0 radical (unpaired) electrons. The second-order valence-corrected chi connectivity index (χ2v) is 5.09. The zero-order valence-electron chi connectivity index (χ0n) is 11.0. The van der Waals surface area contributed by atoms with Crippen molar-refractivity contribution in [2.45, 2.75) is 12.8 Å². The molecule has 1 unspecified atom stereocenters. The fraction of sp³-hybridized carbons (Fsp3) is 0.333. The minimum absolute atomic E-state index is 0.528. The highest BCUT2D eigenvalue weighted by Gasteiger charge is 2.22. The van der Waals surface area contributed by atoms with E-state index in [-0.39, 0.29) is 0 Å². The molecule has 0 bridgehead atoms. The van der Waals surface area contributed by atoms with Gasteiger partial charge in [0.05, 0.1) is 6.26 Å². The molecular weight excluding hydrogens is 254 g/mol. The number of hydrogen-bond donors (Lipinski definition) is 0. The molecule has 4 rings (SSSR count). The molecule has 20 heavy (non-hydrogen) atoms. The fourth-order valence-electron chi connectivity index (χ4n) is 2.73. The Morgan fingerprint density at radius 3 is 3.10 bits per heavy atom. The lowest BCUT2D eigenvalue weighted by Gasteiger charge is -2.08. The highest BCUT2D eigenvalue weighted by Crippen LogP contribution is 2.24. The molecule has 1 aliphatic rings. The summed E-state index contributed by atoms with van der Waals surface area (Å²) in [6.45, 7) is 1.67. The van der Waals surface area contributed by atoms with Crippen molar-refractivity contribution >= 4 is 11.2 Å². The molecule has 102 valence electrons. The van der Waals surface area contributed by atoms with E-state index in [2.05, 4.69) is 4.98 Å². The van der Waals surface area contributed by atoms with E-state index in [4.69, 9.17) is 14.1 Å². The number of hydrogen-bond acceptors (Lipinski definition) is 4. The van der Waals surface area contributed by atoms with E-state index < -0.39 is 0 Å². The lowest BCUT2D eigenvalue weighted by Crippen LogP contribution is -2.09.